The summed E-state index contributed by atoms with van der Waals surface area (Å²) in [5, 5.41) is 3.53. The Hall–Kier alpha value is -1.61. The van der Waals surface area contributed by atoms with Crippen molar-refractivity contribution < 1.29 is 0 Å². The lowest BCUT2D eigenvalue weighted by Gasteiger charge is -2.17. The lowest BCUT2D eigenvalue weighted by atomic mass is 9.97. The maximum absolute atomic E-state index is 4.50. The van der Waals surface area contributed by atoms with Crippen molar-refractivity contribution in [3.8, 4) is 0 Å². The van der Waals surface area contributed by atoms with Gasteiger partial charge in [-0.1, -0.05) is 45.0 Å². The summed E-state index contributed by atoms with van der Waals surface area (Å²) in [6, 6.07) is 9.03. The zero-order chi connectivity index (χ0) is 14.5. The molecule has 0 saturated carbocycles. The Bertz CT molecular complexity index is 543. The van der Waals surface area contributed by atoms with Crippen LogP contribution in [-0.2, 0) is 13.5 Å². The first-order valence-electron chi connectivity index (χ1n) is 7.40. The first-order chi connectivity index (χ1) is 9.60. The highest BCUT2D eigenvalue weighted by atomic mass is 15.0. The minimum Gasteiger partial charge on any atom is -0.340 e. The van der Waals surface area contributed by atoms with Crippen LogP contribution in [0.5, 0.6) is 0 Å². The van der Waals surface area contributed by atoms with E-state index in [-0.39, 0.29) is 6.04 Å². The van der Waals surface area contributed by atoms with Gasteiger partial charge < -0.3 is 9.88 Å². The van der Waals surface area contributed by atoms with Crippen LogP contribution in [0.3, 0.4) is 0 Å². The first-order valence-corrected chi connectivity index (χ1v) is 7.40. The molecule has 0 aliphatic rings. The maximum atomic E-state index is 4.50. The predicted molar refractivity (Wildman–Crippen MR) is 83.7 cm³/mol. The van der Waals surface area contributed by atoms with Crippen LogP contribution in [0.15, 0.2) is 36.8 Å². The molecule has 1 aromatic carbocycles. The van der Waals surface area contributed by atoms with Crippen LogP contribution in [0.4, 0.5) is 0 Å². The second kappa shape index (κ2) is 6.71. The Morgan fingerprint density at radius 1 is 1.30 bits per heavy atom. The number of benzene rings is 1. The van der Waals surface area contributed by atoms with E-state index in [4.69, 9.17) is 0 Å². The summed E-state index contributed by atoms with van der Waals surface area (Å²) in [7, 11) is 2.01. The Morgan fingerprint density at radius 2 is 2.10 bits per heavy atom. The molecule has 3 nitrogen and oxygen atoms in total. The average molecular weight is 271 g/mol. The van der Waals surface area contributed by atoms with Gasteiger partial charge in [-0.2, -0.15) is 0 Å². The Morgan fingerprint density at radius 3 is 2.70 bits per heavy atom. The molecule has 0 radical (unpaired) electrons. The third kappa shape index (κ3) is 3.70. The topological polar surface area (TPSA) is 29.9 Å². The molecule has 1 unspecified atom stereocenters. The Labute approximate surface area is 122 Å². The minimum absolute atomic E-state index is 0.174. The van der Waals surface area contributed by atoms with Crippen LogP contribution in [0, 0.1) is 5.92 Å². The summed E-state index contributed by atoms with van der Waals surface area (Å²) < 4.78 is 2.00. The SMILES string of the molecule is CCNC(c1cccc(CC(C)C)c1)c1cn(C)cn1. The molecule has 0 aliphatic heterocycles. The van der Waals surface area contributed by atoms with Crippen LogP contribution in [-0.4, -0.2) is 16.1 Å². The van der Waals surface area contributed by atoms with E-state index in [1.54, 1.807) is 0 Å². The van der Waals surface area contributed by atoms with E-state index in [2.05, 4.69) is 61.5 Å². The zero-order valence-electron chi connectivity index (χ0n) is 12.9. The molecule has 0 bridgehead atoms. The third-order valence-electron chi connectivity index (χ3n) is 3.36. The summed E-state index contributed by atoms with van der Waals surface area (Å²) in [5.74, 6) is 0.678. The van der Waals surface area contributed by atoms with Crippen molar-refractivity contribution in [3.05, 3.63) is 53.6 Å². The van der Waals surface area contributed by atoms with Gasteiger partial charge in [-0.25, -0.2) is 4.98 Å². The normalized spacial score (nSPS) is 12.8. The van der Waals surface area contributed by atoms with Gasteiger partial charge in [-0.05, 0) is 30.0 Å². The van der Waals surface area contributed by atoms with Crippen LogP contribution >= 0.6 is 0 Å². The van der Waals surface area contributed by atoms with E-state index >= 15 is 0 Å². The van der Waals surface area contributed by atoms with Crippen LogP contribution in [0.25, 0.3) is 0 Å². The molecule has 1 atom stereocenters. The number of nitrogens with one attached hydrogen (secondary N) is 1. The number of aryl methyl sites for hydroxylation is 1. The van der Waals surface area contributed by atoms with Crippen molar-refractivity contribution in [1.82, 2.24) is 14.9 Å². The first kappa shape index (κ1) is 14.8. The minimum atomic E-state index is 0.174. The fraction of sp³-hybridized carbons (Fsp3) is 0.471. The smallest absolute Gasteiger partial charge is 0.0947 e. The molecule has 2 rings (SSSR count). The van der Waals surface area contributed by atoms with Gasteiger partial charge in [0, 0.05) is 13.2 Å². The van der Waals surface area contributed by atoms with Gasteiger partial charge >= 0.3 is 0 Å². The molecule has 2 aromatic rings. The molecule has 1 N–H and O–H groups in total. The van der Waals surface area contributed by atoms with Crippen LogP contribution in [0.1, 0.15) is 43.6 Å². The predicted octanol–water partition coefficient (Wildman–Crippen LogP) is 3.32. The van der Waals surface area contributed by atoms with Gasteiger partial charge in [-0.15, -0.1) is 0 Å². The molecule has 1 heterocycles. The molecule has 0 amide bonds. The molecule has 0 saturated heterocycles. The van der Waals surface area contributed by atoms with Crippen molar-refractivity contribution >= 4 is 0 Å². The summed E-state index contributed by atoms with van der Waals surface area (Å²) in [4.78, 5) is 4.50. The van der Waals surface area contributed by atoms with Gasteiger partial charge in [0.05, 0.1) is 18.1 Å². The van der Waals surface area contributed by atoms with Crippen molar-refractivity contribution in [1.29, 1.82) is 0 Å². The highest BCUT2D eigenvalue weighted by Gasteiger charge is 2.15. The van der Waals surface area contributed by atoms with E-state index < -0.39 is 0 Å². The largest absolute Gasteiger partial charge is 0.340 e. The van der Waals surface area contributed by atoms with E-state index in [0.29, 0.717) is 5.92 Å². The zero-order valence-corrected chi connectivity index (χ0v) is 12.9. The molecule has 0 aliphatic carbocycles. The summed E-state index contributed by atoms with van der Waals surface area (Å²) in [6.45, 7) is 7.57. The lowest BCUT2D eigenvalue weighted by Crippen LogP contribution is -2.22. The van der Waals surface area contributed by atoms with Gasteiger partial charge in [0.1, 0.15) is 0 Å². The second-order valence-electron chi connectivity index (χ2n) is 5.80. The molecule has 108 valence electrons. The van der Waals surface area contributed by atoms with Crippen molar-refractivity contribution in [3.63, 3.8) is 0 Å². The van der Waals surface area contributed by atoms with Gasteiger partial charge in [0.15, 0.2) is 0 Å². The van der Waals surface area contributed by atoms with Gasteiger partial charge in [0.25, 0.3) is 0 Å². The Balaban J connectivity index is 2.29. The van der Waals surface area contributed by atoms with E-state index in [9.17, 15) is 0 Å². The Kier molecular flexibility index (Phi) is 4.96. The van der Waals surface area contributed by atoms with E-state index in [1.807, 2.05) is 17.9 Å². The molecule has 1 aromatic heterocycles. The van der Waals surface area contributed by atoms with Gasteiger partial charge in [-0.3, -0.25) is 0 Å². The van der Waals surface area contributed by atoms with Crippen LogP contribution in [0.2, 0.25) is 0 Å². The highest BCUT2D eigenvalue weighted by molar-refractivity contribution is 5.31. The molecule has 20 heavy (non-hydrogen) atoms. The number of imidazole rings is 1. The second-order valence-corrected chi connectivity index (χ2v) is 5.80. The number of rotatable bonds is 6. The van der Waals surface area contributed by atoms with E-state index in [1.165, 1.54) is 11.1 Å². The van der Waals surface area contributed by atoms with Crippen LogP contribution < -0.4 is 5.32 Å². The maximum Gasteiger partial charge on any atom is 0.0947 e. The molecular weight excluding hydrogens is 246 g/mol. The number of aromatic nitrogens is 2. The number of hydrogen-bond acceptors (Lipinski definition) is 2. The quantitative estimate of drug-likeness (QED) is 0.873. The lowest BCUT2D eigenvalue weighted by molar-refractivity contribution is 0.613. The summed E-state index contributed by atoms with van der Waals surface area (Å²) >= 11 is 0. The standard InChI is InChI=1S/C17H25N3/c1-5-18-17(16-11-20(4)12-19-16)15-8-6-7-14(10-15)9-13(2)3/h6-8,10-13,17-18H,5,9H2,1-4H3. The molecule has 0 spiro atoms. The monoisotopic (exact) mass is 271 g/mol. The number of nitrogens with zero attached hydrogens (tertiary/aromatic N) is 2. The molecule has 3 heteroatoms. The fourth-order valence-electron chi connectivity index (χ4n) is 2.55. The van der Waals surface area contributed by atoms with Crippen molar-refractivity contribution in [2.24, 2.45) is 13.0 Å². The molecular formula is C17H25N3. The summed E-state index contributed by atoms with van der Waals surface area (Å²) in [6.07, 6.45) is 5.06. The van der Waals surface area contributed by atoms with Gasteiger partial charge in [0.2, 0.25) is 0 Å². The van der Waals surface area contributed by atoms with Crippen molar-refractivity contribution in [2.45, 2.75) is 33.2 Å². The summed E-state index contributed by atoms with van der Waals surface area (Å²) in [5.41, 5.74) is 3.77. The average Bonchev–Trinajstić information content (AvgIpc) is 2.82. The van der Waals surface area contributed by atoms with Crippen molar-refractivity contribution in [2.75, 3.05) is 6.54 Å². The molecule has 0 fully saturated rings. The fourth-order valence-corrected chi connectivity index (χ4v) is 2.55. The van der Waals surface area contributed by atoms with E-state index in [0.717, 1.165) is 18.7 Å². The third-order valence-corrected chi connectivity index (χ3v) is 3.36. The highest BCUT2D eigenvalue weighted by Crippen LogP contribution is 2.22. The number of hydrogen-bond donors (Lipinski definition) is 1.